The number of nitrogens with one attached hydrogen (secondary N) is 1. The second-order valence-corrected chi connectivity index (χ2v) is 9.66. The molecule has 2 fully saturated rings. The van der Waals surface area contributed by atoms with Gasteiger partial charge in [-0.05, 0) is 46.0 Å². The number of hydrogen-bond acceptors (Lipinski definition) is 4. The zero-order chi connectivity index (χ0) is 15.0. The van der Waals surface area contributed by atoms with Crippen molar-refractivity contribution in [2.75, 3.05) is 25.4 Å². The van der Waals surface area contributed by atoms with Gasteiger partial charge in [0.25, 0.3) is 0 Å². The van der Waals surface area contributed by atoms with E-state index < -0.39 is 9.84 Å². The first kappa shape index (κ1) is 16.2. The molecule has 1 heterocycles. The highest BCUT2D eigenvalue weighted by Gasteiger charge is 2.48. The largest absolute Gasteiger partial charge is 0.311 e. The van der Waals surface area contributed by atoms with Crippen LogP contribution >= 0.6 is 0 Å². The molecule has 5 heteroatoms. The predicted molar refractivity (Wildman–Crippen MR) is 83.7 cm³/mol. The molecule has 0 radical (unpaired) electrons. The van der Waals surface area contributed by atoms with Gasteiger partial charge in [-0.1, -0.05) is 6.92 Å². The van der Waals surface area contributed by atoms with Crippen LogP contribution in [0.25, 0.3) is 0 Å². The van der Waals surface area contributed by atoms with Crippen LogP contribution in [0.5, 0.6) is 0 Å². The van der Waals surface area contributed by atoms with Crippen molar-refractivity contribution in [3.63, 3.8) is 0 Å². The van der Waals surface area contributed by atoms with Crippen LogP contribution in [0.4, 0.5) is 0 Å². The minimum Gasteiger partial charge on any atom is -0.311 e. The Labute approximate surface area is 124 Å². The molecule has 1 saturated heterocycles. The van der Waals surface area contributed by atoms with E-state index in [-0.39, 0.29) is 10.8 Å². The highest BCUT2D eigenvalue weighted by molar-refractivity contribution is 7.92. The van der Waals surface area contributed by atoms with Crippen LogP contribution in [0.2, 0.25) is 0 Å². The van der Waals surface area contributed by atoms with Gasteiger partial charge in [0.2, 0.25) is 0 Å². The van der Waals surface area contributed by atoms with Crippen LogP contribution in [0.3, 0.4) is 0 Å². The molecule has 0 aromatic carbocycles. The summed E-state index contributed by atoms with van der Waals surface area (Å²) in [5.41, 5.74) is 0.151. The summed E-state index contributed by atoms with van der Waals surface area (Å²) in [7, 11) is -2.94. The Morgan fingerprint density at radius 2 is 2.00 bits per heavy atom. The Bertz CT molecular complexity index is 431. The zero-order valence-corrected chi connectivity index (χ0v) is 14.2. The van der Waals surface area contributed by atoms with E-state index in [0.717, 1.165) is 25.4 Å². The van der Waals surface area contributed by atoms with Crippen molar-refractivity contribution in [3.8, 4) is 0 Å². The number of piperazine rings is 1. The quantitative estimate of drug-likeness (QED) is 0.811. The third kappa shape index (κ3) is 3.37. The average Bonchev–Trinajstić information content (AvgIpc) is 3.22. The van der Waals surface area contributed by atoms with E-state index in [1.54, 1.807) is 13.8 Å². The fourth-order valence-electron chi connectivity index (χ4n) is 3.20. The van der Waals surface area contributed by atoms with Gasteiger partial charge in [-0.25, -0.2) is 8.42 Å². The number of hydrogen-bond donors (Lipinski definition) is 1. The fraction of sp³-hybridized carbons (Fsp3) is 1.00. The van der Waals surface area contributed by atoms with Crippen LogP contribution < -0.4 is 5.32 Å². The van der Waals surface area contributed by atoms with Crippen molar-refractivity contribution in [1.29, 1.82) is 0 Å². The maximum atomic E-state index is 12.1. The summed E-state index contributed by atoms with van der Waals surface area (Å²) in [6.45, 7) is 10.7. The molecule has 1 N–H and O–H groups in total. The van der Waals surface area contributed by atoms with E-state index in [1.807, 2.05) is 0 Å². The fourth-order valence-corrected chi connectivity index (χ4v) is 4.15. The summed E-state index contributed by atoms with van der Waals surface area (Å²) in [5, 5.41) is 3.38. The molecule has 0 aromatic heterocycles. The van der Waals surface area contributed by atoms with Crippen molar-refractivity contribution in [2.24, 2.45) is 5.92 Å². The highest BCUT2D eigenvalue weighted by Crippen LogP contribution is 2.44. The molecule has 1 aliphatic carbocycles. The molecule has 118 valence electrons. The van der Waals surface area contributed by atoms with E-state index in [4.69, 9.17) is 0 Å². The Hall–Kier alpha value is -0.130. The summed E-state index contributed by atoms with van der Waals surface area (Å²) < 4.78 is 24.2. The van der Waals surface area contributed by atoms with Crippen molar-refractivity contribution in [3.05, 3.63) is 0 Å². The monoisotopic (exact) mass is 302 g/mol. The van der Waals surface area contributed by atoms with Crippen molar-refractivity contribution >= 4 is 9.84 Å². The van der Waals surface area contributed by atoms with Gasteiger partial charge in [0.05, 0.1) is 11.0 Å². The molecule has 2 rings (SSSR count). The second kappa shape index (κ2) is 5.93. The van der Waals surface area contributed by atoms with E-state index in [2.05, 4.69) is 24.1 Å². The SMILES string of the molecule is CCC1CN(CCS(=O)(=O)C(C)C)C(C)(C2CC2)CN1. The van der Waals surface area contributed by atoms with Gasteiger partial charge < -0.3 is 5.32 Å². The first-order valence-corrected chi connectivity index (χ1v) is 9.71. The summed E-state index contributed by atoms with van der Waals surface area (Å²) >= 11 is 0. The zero-order valence-electron chi connectivity index (χ0n) is 13.4. The van der Waals surface area contributed by atoms with E-state index in [9.17, 15) is 8.42 Å². The summed E-state index contributed by atoms with van der Waals surface area (Å²) in [6, 6.07) is 0.503. The molecule has 2 unspecified atom stereocenters. The van der Waals surface area contributed by atoms with E-state index in [1.165, 1.54) is 12.8 Å². The molecule has 0 bridgehead atoms. The summed E-state index contributed by atoms with van der Waals surface area (Å²) in [4.78, 5) is 2.45. The van der Waals surface area contributed by atoms with Gasteiger partial charge >= 0.3 is 0 Å². The number of sulfone groups is 1. The lowest BCUT2D eigenvalue weighted by Gasteiger charge is -2.48. The molecule has 1 aliphatic heterocycles. The Morgan fingerprint density at radius 3 is 2.50 bits per heavy atom. The van der Waals surface area contributed by atoms with Crippen LogP contribution in [0, 0.1) is 5.92 Å². The average molecular weight is 302 g/mol. The number of nitrogens with zero attached hydrogens (tertiary/aromatic N) is 1. The molecule has 4 nitrogen and oxygen atoms in total. The van der Waals surface area contributed by atoms with Gasteiger partial charge in [0.15, 0.2) is 9.84 Å². The predicted octanol–water partition coefficient (Wildman–Crippen LogP) is 1.66. The van der Waals surface area contributed by atoms with E-state index in [0.29, 0.717) is 18.3 Å². The van der Waals surface area contributed by atoms with Gasteiger partial charge in [0.1, 0.15) is 0 Å². The molecule has 20 heavy (non-hydrogen) atoms. The van der Waals surface area contributed by atoms with Crippen LogP contribution in [0.15, 0.2) is 0 Å². The lowest BCUT2D eigenvalue weighted by atomic mass is 9.89. The lowest BCUT2D eigenvalue weighted by Crippen LogP contribution is -2.65. The van der Waals surface area contributed by atoms with Gasteiger partial charge in [-0.2, -0.15) is 0 Å². The van der Waals surface area contributed by atoms with E-state index >= 15 is 0 Å². The van der Waals surface area contributed by atoms with Gasteiger partial charge in [-0.3, -0.25) is 4.90 Å². The molecular formula is C15H30N2O2S. The Kier molecular flexibility index (Phi) is 4.82. The first-order valence-electron chi connectivity index (χ1n) is 7.99. The maximum Gasteiger partial charge on any atom is 0.153 e. The van der Waals surface area contributed by atoms with Crippen molar-refractivity contribution in [1.82, 2.24) is 10.2 Å². The van der Waals surface area contributed by atoms with Crippen LogP contribution in [0.1, 0.15) is 47.0 Å². The van der Waals surface area contributed by atoms with Crippen LogP contribution in [-0.4, -0.2) is 55.5 Å². The minimum absolute atomic E-state index is 0.151. The van der Waals surface area contributed by atoms with Gasteiger partial charge in [0, 0.05) is 31.2 Å². The third-order valence-electron chi connectivity index (χ3n) is 5.23. The Morgan fingerprint density at radius 1 is 1.35 bits per heavy atom. The molecule has 2 atom stereocenters. The summed E-state index contributed by atoms with van der Waals surface area (Å²) in [5.74, 6) is 1.04. The molecule has 0 amide bonds. The van der Waals surface area contributed by atoms with Crippen molar-refractivity contribution in [2.45, 2.75) is 63.8 Å². The van der Waals surface area contributed by atoms with Crippen molar-refractivity contribution < 1.29 is 8.42 Å². The maximum absolute atomic E-state index is 12.1. The topological polar surface area (TPSA) is 49.4 Å². The normalized spacial score (nSPS) is 32.8. The molecular weight excluding hydrogens is 272 g/mol. The first-order chi connectivity index (χ1) is 9.29. The second-order valence-electron chi connectivity index (χ2n) is 6.98. The standard InChI is InChI=1S/C15H30N2O2S/c1-5-14-10-17(8-9-20(18,19)12(2)3)15(4,11-16-14)13-6-7-13/h12-14,16H,5-11H2,1-4H3. The molecule has 2 aliphatic rings. The third-order valence-corrected chi connectivity index (χ3v) is 7.41. The van der Waals surface area contributed by atoms with Gasteiger partial charge in [-0.15, -0.1) is 0 Å². The highest BCUT2D eigenvalue weighted by atomic mass is 32.2. The molecule has 1 saturated carbocycles. The smallest absolute Gasteiger partial charge is 0.153 e. The number of rotatable bonds is 6. The minimum atomic E-state index is -2.94. The molecule has 0 spiro atoms. The Balaban J connectivity index is 2.04. The van der Waals surface area contributed by atoms with Crippen LogP contribution in [-0.2, 0) is 9.84 Å². The molecule has 0 aromatic rings. The lowest BCUT2D eigenvalue weighted by molar-refractivity contribution is 0.0398. The summed E-state index contributed by atoms with van der Waals surface area (Å²) in [6.07, 6.45) is 3.69.